The highest BCUT2D eigenvalue weighted by molar-refractivity contribution is 7.89. The van der Waals surface area contributed by atoms with Crippen molar-refractivity contribution in [3.8, 4) is 0 Å². The van der Waals surface area contributed by atoms with Gasteiger partial charge in [0.25, 0.3) is 0 Å². The highest BCUT2D eigenvalue weighted by atomic mass is 32.2. The molecular formula is C19H28F3N3O6S. The Labute approximate surface area is 185 Å². The summed E-state index contributed by atoms with van der Waals surface area (Å²) in [7, 11) is -2.16. The number of rotatable bonds is 8. The molecule has 1 saturated heterocycles. The highest BCUT2D eigenvalue weighted by Gasteiger charge is 2.38. The van der Waals surface area contributed by atoms with E-state index in [2.05, 4.69) is 5.32 Å². The second-order valence-electron chi connectivity index (χ2n) is 6.88. The number of halogens is 3. The van der Waals surface area contributed by atoms with Crippen LogP contribution in [0.25, 0.3) is 0 Å². The fourth-order valence-corrected chi connectivity index (χ4v) is 4.47. The highest BCUT2D eigenvalue weighted by Crippen LogP contribution is 2.20. The Morgan fingerprint density at radius 2 is 1.78 bits per heavy atom. The van der Waals surface area contributed by atoms with Crippen molar-refractivity contribution in [3.05, 3.63) is 29.8 Å². The van der Waals surface area contributed by atoms with Crippen LogP contribution in [0, 0.1) is 6.92 Å². The van der Waals surface area contributed by atoms with E-state index in [1.165, 1.54) is 4.31 Å². The van der Waals surface area contributed by atoms with Gasteiger partial charge in [-0.1, -0.05) is 18.2 Å². The normalized spacial score (nSPS) is 14.6. The van der Waals surface area contributed by atoms with Gasteiger partial charge in [0.15, 0.2) is 0 Å². The van der Waals surface area contributed by atoms with Crippen molar-refractivity contribution < 1.29 is 41.0 Å². The van der Waals surface area contributed by atoms with E-state index in [0.717, 1.165) is 13.1 Å². The number of alkyl halides is 3. The lowest BCUT2D eigenvalue weighted by molar-refractivity contribution is -0.192. The number of piperazine rings is 1. The first kappa shape index (κ1) is 27.8. The molecule has 0 aliphatic carbocycles. The van der Waals surface area contributed by atoms with Crippen molar-refractivity contribution in [1.82, 2.24) is 14.5 Å². The lowest BCUT2D eigenvalue weighted by atomic mass is 10.2. The molecule has 1 aliphatic rings. The van der Waals surface area contributed by atoms with Crippen LogP contribution >= 0.6 is 0 Å². The summed E-state index contributed by atoms with van der Waals surface area (Å²) in [6.45, 7) is 5.01. The molecular weight excluding hydrogens is 455 g/mol. The summed E-state index contributed by atoms with van der Waals surface area (Å²) in [4.78, 5) is 23.4. The number of carboxylic acids is 1. The molecule has 1 heterocycles. The molecule has 0 spiro atoms. The van der Waals surface area contributed by atoms with Crippen LogP contribution in [-0.2, 0) is 24.3 Å². The molecule has 1 amide bonds. The van der Waals surface area contributed by atoms with Gasteiger partial charge in [-0.05, 0) is 25.0 Å². The van der Waals surface area contributed by atoms with Gasteiger partial charge in [-0.15, -0.1) is 0 Å². The molecule has 182 valence electrons. The third kappa shape index (κ3) is 8.73. The van der Waals surface area contributed by atoms with Gasteiger partial charge in [0.05, 0.1) is 11.4 Å². The number of hydrogen-bond acceptors (Lipinski definition) is 6. The topological polar surface area (TPSA) is 116 Å². The Bertz CT molecular complexity index is 858. The third-order valence-corrected chi connectivity index (χ3v) is 6.50. The first-order valence-electron chi connectivity index (χ1n) is 9.74. The fourth-order valence-electron chi connectivity index (χ4n) is 2.82. The number of carbonyl (C=O) groups is 2. The van der Waals surface area contributed by atoms with Crippen LogP contribution in [0.1, 0.15) is 12.0 Å². The zero-order valence-corrected chi connectivity index (χ0v) is 18.7. The maximum absolute atomic E-state index is 13.1. The number of carbonyl (C=O) groups excluding carboxylic acids is 1. The number of benzene rings is 1. The van der Waals surface area contributed by atoms with E-state index in [1.54, 1.807) is 43.2 Å². The number of hydrogen-bond donors (Lipinski definition) is 2. The molecule has 0 aromatic heterocycles. The fraction of sp³-hybridized carbons (Fsp3) is 0.579. The smallest absolute Gasteiger partial charge is 0.475 e. The van der Waals surface area contributed by atoms with Gasteiger partial charge < -0.3 is 20.1 Å². The number of aliphatic carboxylic acids is 1. The molecule has 2 rings (SSSR count). The summed E-state index contributed by atoms with van der Waals surface area (Å²) in [5, 5.41) is 10.3. The first-order chi connectivity index (χ1) is 14.9. The van der Waals surface area contributed by atoms with Crippen LogP contribution < -0.4 is 5.32 Å². The van der Waals surface area contributed by atoms with Crippen molar-refractivity contribution in [1.29, 1.82) is 0 Å². The maximum Gasteiger partial charge on any atom is 0.490 e. The quantitative estimate of drug-likeness (QED) is 0.532. The Hall–Kier alpha value is -2.22. The minimum Gasteiger partial charge on any atom is -0.475 e. The Morgan fingerprint density at radius 1 is 1.22 bits per heavy atom. The van der Waals surface area contributed by atoms with Crippen molar-refractivity contribution in [2.24, 2.45) is 0 Å². The Morgan fingerprint density at radius 3 is 2.28 bits per heavy atom. The summed E-state index contributed by atoms with van der Waals surface area (Å²) in [5.41, 5.74) is 0.675. The number of methoxy groups -OCH3 is 1. The van der Waals surface area contributed by atoms with E-state index in [1.807, 2.05) is 0 Å². The third-order valence-electron chi connectivity index (χ3n) is 4.49. The minimum atomic E-state index is -5.08. The molecule has 1 aliphatic heterocycles. The van der Waals surface area contributed by atoms with Gasteiger partial charge >= 0.3 is 12.1 Å². The largest absolute Gasteiger partial charge is 0.490 e. The molecule has 0 atom stereocenters. The molecule has 0 saturated carbocycles. The van der Waals surface area contributed by atoms with Gasteiger partial charge in [0.2, 0.25) is 15.9 Å². The van der Waals surface area contributed by atoms with E-state index < -0.39 is 22.2 Å². The predicted octanol–water partition coefficient (Wildman–Crippen LogP) is 1.09. The van der Waals surface area contributed by atoms with Gasteiger partial charge in [0.1, 0.15) is 0 Å². The van der Waals surface area contributed by atoms with Crippen molar-refractivity contribution in [2.45, 2.75) is 24.4 Å². The number of carboxylic acid groups (broad SMARTS) is 1. The summed E-state index contributed by atoms with van der Waals surface area (Å²) < 4.78 is 64.2. The molecule has 2 N–H and O–H groups in total. The molecule has 13 heteroatoms. The summed E-state index contributed by atoms with van der Waals surface area (Å²) >= 11 is 0. The number of nitrogens with zero attached hydrogens (tertiary/aromatic N) is 2. The van der Waals surface area contributed by atoms with E-state index >= 15 is 0 Å². The monoisotopic (exact) mass is 483 g/mol. The van der Waals surface area contributed by atoms with Gasteiger partial charge in [-0.3, -0.25) is 4.79 Å². The Kier molecular flexibility index (Phi) is 11.1. The SMILES string of the molecule is COCCCN(CC(=O)N1CCNCC1)S(=O)(=O)c1ccccc1C.O=C(O)C(F)(F)F. The van der Waals surface area contributed by atoms with E-state index in [-0.39, 0.29) is 23.9 Å². The van der Waals surface area contributed by atoms with Crippen LogP contribution in [0.3, 0.4) is 0 Å². The number of sulfonamides is 1. The Balaban J connectivity index is 0.000000633. The molecule has 32 heavy (non-hydrogen) atoms. The average molecular weight is 484 g/mol. The molecule has 0 radical (unpaired) electrons. The molecule has 1 fully saturated rings. The lowest BCUT2D eigenvalue weighted by Crippen LogP contribution is -2.50. The van der Waals surface area contributed by atoms with Crippen LogP contribution in [-0.4, -0.2) is 93.8 Å². The van der Waals surface area contributed by atoms with Crippen LogP contribution in [0.2, 0.25) is 0 Å². The zero-order chi connectivity index (χ0) is 24.4. The lowest BCUT2D eigenvalue weighted by Gasteiger charge is -2.30. The van der Waals surface area contributed by atoms with E-state index in [0.29, 0.717) is 31.7 Å². The summed E-state index contributed by atoms with van der Waals surface area (Å²) in [5.74, 6) is -2.91. The van der Waals surface area contributed by atoms with Crippen LogP contribution in [0.5, 0.6) is 0 Å². The predicted molar refractivity (Wildman–Crippen MR) is 110 cm³/mol. The number of aryl methyl sites for hydroxylation is 1. The van der Waals surface area contributed by atoms with Crippen LogP contribution in [0.15, 0.2) is 29.2 Å². The molecule has 0 bridgehead atoms. The standard InChI is InChI=1S/C17H27N3O4S.C2HF3O2/c1-15-6-3-4-7-16(15)25(22,23)20(10-5-13-24-2)14-17(21)19-11-8-18-9-12-19;3-2(4,5)1(6)7/h3-4,6-7,18H,5,8-14H2,1-2H3;(H,6,7). The number of nitrogens with one attached hydrogen (secondary N) is 1. The average Bonchev–Trinajstić information content (AvgIpc) is 2.73. The second kappa shape index (κ2) is 12.7. The second-order valence-corrected chi connectivity index (χ2v) is 8.79. The number of ether oxygens (including phenoxy) is 1. The van der Waals surface area contributed by atoms with Gasteiger partial charge in [0, 0.05) is 46.4 Å². The van der Waals surface area contributed by atoms with E-state index in [9.17, 15) is 26.4 Å². The molecule has 1 aromatic rings. The van der Waals surface area contributed by atoms with Crippen molar-refractivity contribution in [2.75, 3.05) is 53.0 Å². The van der Waals surface area contributed by atoms with Crippen molar-refractivity contribution in [3.63, 3.8) is 0 Å². The van der Waals surface area contributed by atoms with E-state index in [4.69, 9.17) is 14.6 Å². The van der Waals surface area contributed by atoms with Gasteiger partial charge in [-0.25, -0.2) is 13.2 Å². The summed E-state index contributed by atoms with van der Waals surface area (Å²) in [6, 6.07) is 6.85. The maximum atomic E-state index is 13.1. The molecule has 1 aromatic carbocycles. The van der Waals surface area contributed by atoms with Crippen LogP contribution in [0.4, 0.5) is 13.2 Å². The molecule has 0 unspecified atom stereocenters. The minimum absolute atomic E-state index is 0.139. The van der Waals surface area contributed by atoms with Crippen molar-refractivity contribution >= 4 is 21.9 Å². The number of amides is 1. The zero-order valence-electron chi connectivity index (χ0n) is 17.9. The summed E-state index contributed by atoms with van der Waals surface area (Å²) in [6.07, 6.45) is -4.55. The first-order valence-corrected chi connectivity index (χ1v) is 11.2. The molecule has 9 nitrogen and oxygen atoms in total. The van der Waals surface area contributed by atoms with Gasteiger partial charge in [-0.2, -0.15) is 17.5 Å².